The van der Waals surface area contributed by atoms with E-state index in [1.807, 2.05) is 20.8 Å². The second-order valence-electron chi connectivity index (χ2n) is 4.77. The first kappa shape index (κ1) is 16.2. The van der Waals surface area contributed by atoms with Crippen molar-refractivity contribution in [2.45, 2.75) is 26.4 Å². The zero-order valence-electron chi connectivity index (χ0n) is 12.1. The maximum Gasteiger partial charge on any atom is 0.269 e. The Hall–Kier alpha value is -1.90. The number of carbonyl (C=O) groups excluding carboxylic acids is 1. The molecule has 0 aliphatic rings. The van der Waals surface area contributed by atoms with Gasteiger partial charge in [-0.15, -0.1) is 0 Å². The van der Waals surface area contributed by atoms with Crippen LogP contribution in [0, 0.1) is 11.8 Å². The van der Waals surface area contributed by atoms with Crippen LogP contribution in [-0.4, -0.2) is 41.4 Å². The molecule has 0 saturated heterocycles. The van der Waals surface area contributed by atoms with Crippen LogP contribution in [0.25, 0.3) is 0 Å². The SMILES string of the molecule is CCOC(C)(C)CNC(=O)c1ccc(C#CCO)cn1. The number of nitrogens with one attached hydrogen (secondary N) is 1. The summed E-state index contributed by atoms with van der Waals surface area (Å²) in [4.78, 5) is 16.0. The molecule has 0 aliphatic carbocycles. The topological polar surface area (TPSA) is 71.5 Å². The molecule has 1 aromatic rings. The lowest BCUT2D eigenvalue weighted by atomic mass is 10.1. The molecule has 2 N–H and O–H groups in total. The zero-order chi connectivity index (χ0) is 15.0. The van der Waals surface area contributed by atoms with Crippen LogP contribution in [0.1, 0.15) is 36.8 Å². The first-order valence-electron chi connectivity index (χ1n) is 6.46. The predicted molar refractivity (Wildman–Crippen MR) is 76.2 cm³/mol. The number of aliphatic hydroxyl groups excluding tert-OH is 1. The minimum atomic E-state index is -0.406. The molecular weight excluding hydrogens is 256 g/mol. The highest BCUT2D eigenvalue weighted by Gasteiger charge is 2.19. The van der Waals surface area contributed by atoms with Crippen molar-refractivity contribution in [2.24, 2.45) is 0 Å². The van der Waals surface area contributed by atoms with E-state index in [2.05, 4.69) is 22.1 Å². The summed E-state index contributed by atoms with van der Waals surface area (Å²) < 4.78 is 5.50. The number of aromatic nitrogens is 1. The number of amides is 1. The van der Waals surface area contributed by atoms with Crippen molar-refractivity contribution >= 4 is 5.91 Å². The lowest BCUT2D eigenvalue weighted by molar-refractivity contribution is -0.00818. The molecule has 0 spiro atoms. The second-order valence-corrected chi connectivity index (χ2v) is 4.77. The molecule has 0 fully saturated rings. The third-order valence-electron chi connectivity index (χ3n) is 2.52. The summed E-state index contributed by atoms with van der Waals surface area (Å²) in [6.45, 7) is 6.55. The predicted octanol–water partition coefficient (Wildman–Crippen LogP) is 0.970. The van der Waals surface area contributed by atoms with Gasteiger partial charge in [0.2, 0.25) is 0 Å². The van der Waals surface area contributed by atoms with Crippen LogP contribution in [0.15, 0.2) is 18.3 Å². The van der Waals surface area contributed by atoms with Gasteiger partial charge in [-0.2, -0.15) is 0 Å². The molecule has 1 amide bonds. The first-order valence-corrected chi connectivity index (χ1v) is 6.46. The van der Waals surface area contributed by atoms with Crippen LogP contribution in [0.5, 0.6) is 0 Å². The highest BCUT2D eigenvalue weighted by molar-refractivity contribution is 5.92. The fourth-order valence-corrected chi connectivity index (χ4v) is 1.57. The van der Waals surface area contributed by atoms with Gasteiger partial charge in [-0.1, -0.05) is 11.8 Å². The third-order valence-corrected chi connectivity index (χ3v) is 2.52. The average Bonchev–Trinajstić information content (AvgIpc) is 2.43. The van der Waals surface area contributed by atoms with Gasteiger partial charge in [0.1, 0.15) is 12.3 Å². The van der Waals surface area contributed by atoms with E-state index in [0.717, 1.165) is 0 Å². The Kier molecular flexibility index (Phi) is 6.16. The minimum Gasteiger partial charge on any atom is -0.384 e. The number of carbonyl (C=O) groups is 1. The summed E-state index contributed by atoms with van der Waals surface area (Å²) in [7, 11) is 0. The monoisotopic (exact) mass is 276 g/mol. The summed E-state index contributed by atoms with van der Waals surface area (Å²) in [6.07, 6.45) is 1.51. The minimum absolute atomic E-state index is 0.200. The van der Waals surface area contributed by atoms with Crippen molar-refractivity contribution in [3.63, 3.8) is 0 Å². The Balaban J connectivity index is 2.60. The van der Waals surface area contributed by atoms with Crippen LogP contribution in [0.2, 0.25) is 0 Å². The molecule has 0 aromatic carbocycles. The molecule has 0 unspecified atom stereocenters. The van der Waals surface area contributed by atoms with E-state index in [1.54, 1.807) is 12.1 Å². The second kappa shape index (κ2) is 7.63. The largest absolute Gasteiger partial charge is 0.384 e. The molecule has 108 valence electrons. The van der Waals surface area contributed by atoms with Gasteiger partial charge in [0.25, 0.3) is 5.91 Å². The smallest absolute Gasteiger partial charge is 0.269 e. The number of rotatable bonds is 5. The molecule has 0 bridgehead atoms. The van der Waals surface area contributed by atoms with Gasteiger partial charge in [0.15, 0.2) is 0 Å². The standard InChI is InChI=1S/C15H20N2O3/c1-4-20-15(2,3)11-17-14(19)13-8-7-12(10-16-13)6-5-9-18/h7-8,10,18H,4,9,11H2,1-3H3,(H,17,19). The highest BCUT2D eigenvalue weighted by atomic mass is 16.5. The molecule has 5 heteroatoms. The third kappa shape index (κ3) is 5.39. The lowest BCUT2D eigenvalue weighted by Gasteiger charge is -2.24. The van der Waals surface area contributed by atoms with Crippen molar-refractivity contribution in [1.29, 1.82) is 0 Å². The Labute approximate surface area is 119 Å². The average molecular weight is 276 g/mol. The van der Waals surface area contributed by atoms with Crippen LogP contribution < -0.4 is 5.32 Å². The van der Waals surface area contributed by atoms with Crippen LogP contribution in [0.4, 0.5) is 0 Å². The maximum absolute atomic E-state index is 11.9. The molecule has 0 radical (unpaired) electrons. The summed E-state index contributed by atoms with van der Waals surface area (Å²) in [5.74, 6) is 4.99. The zero-order valence-corrected chi connectivity index (χ0v) is 12.1. The number of pyridine rings is 1. The summed E-state index contributed by atoms with van der Waals surface area (Å²) in [5.41, 5.74) is 0.578. The molecule has 0 atom stereocenters. The number of ether oxygens (including phenoxy) is 1. The van der Waals surface area contributed by atoms with Crippen molar-refractivity contribution in [3.8, 4) is 11.8 Å². The highest BCUT2D eigenvalue weighted by Crippen LogP contribution is 2.07. The maximum atomic E-state index is 11.9. The van der Waals surface area contributed by atoms with E-state index in [0.29, 0.717) is 24.4 Å². The van der Waals surface area contributed by atoms with E-state index < -0.39 is 5.60 Å². The molecule has 20 heavy (non-hydrogen) atoms. The van der Waals surface area contributed by atoms with Crippen molar-refractivity contribution in [1.82, 2.24) is 10.3 Å². The lowest BCUT2D eigenvalue weighted by Crippen LogP contribution is -2.40. The molecule has 1 rings (SSSR count). The van der Waals surface area contributed by atoms with Gasteiger partial charge in [-0.3, -0.25) is 4.79 Å². The number of nitrogens with zero attached hydrogens (tertiary/aromatic N) is 1. The Morgan fingerprint density at radius 2 is 2.25 bits per heavy atom. The van der Waals surface area contributed by atoms with E-state index >= 15 is 0 Å². The summed E-state index contributed by atoms with van der Waals surface area (Å²) >= 11 is 0. The molecule has 5 nitrogen and oxygen atoms in total. The number of hydrogen-bond acceptors (Lipinski definition) is 4. The molecule has 1 aromatic heterocycles. The van der Waals surface area contributed by atoms with Crippen LogP contribution in [0.3, 0.4) is 0 Å². The van der Waals surface area contributed by atoms with Gasteiger partial charge in [0.05, 0.1) is 5.60 Å². The van der Waals surface area contributed by atoms with Gasteiger partial charge in [-0.05, 0) is 32.9 Å². The number of hydrogen-bond donors (Lipinski definition) is 2. The van der Waals surface area contributed by atoms with Gasteiger partial charge in [-0.25, -0.2) is 4.98 Å². The fourth-order valence-electron chi connectivity index (χ4n) is 1.57. The van der Waals surface area contributed by atoms with Crippen LogP contribution >= 0.6 is 0 Å². The Bertz CT molecular complexity index is 498. The molecule has 0 saturated carbocycles. The van der Waals surface area contributed by atoms with E-state index in [-0.39, 0.29) is 12.5 Å². The van der Waals surface area contributed by atoms with Gasteiger partial charge >= 0.3 is 0 Å². The summed E-state index contributed by atoms with van der Waals surface area (Å²) in [5, 5.41) is 11.4. The van der Waals surface area contributed by atoms with Crippen molar-refractivity contribution < 1.29 is 14.6 Å². The van der Waals surface area contributed by atoms with E-state index in [1.165, 1.54) is 6.20 Å². The number of aliphatic hydroxyl groups is 1. The normalized spacial score (nSPS) is 10.6. The Morgan fingerprint density at radius 3 is 2.80 bits per heavy atom. The molecule has 1 heterocycles. The van der Waals surface area contributed by atoms with Crippen molar-refractivity contribution in [3.05, 3.63) is 29.6 Å². The van der Waals surface area contributed by atoms with E-state index in [9.17, 15) is 4.79 Å². The molecule has 0 aliphatic heterocycles. The fraction of sp³-hybridized carbons (Fsp3) is 0.467. The van der Waals surface area contributed by atoms with Gasteiger partial charge in [0, 0.05) is 24.9 Å². The quantitative estimate of drug-likeness (QED) is 0.786. The van der Waals surface area contributed by atoms with Gasteiger partial charge < -0.3 is 15.2 Å². The Morgan fingerprint density at radius 1 is 1.50 bits per heavy atom. The molecular formula is C15H20N2O3. The van der Waals surface area contributed by atoms with Crippen molar-refractivity contribution in [2.75, 3.05) is 19.8 Å². The first-order chi connectivity index (χ1) is 9.48. The van der Waals surface area contributed by atoms with E-state index in [4.69, 9.17) is 9.84 Å². The summed E-state index contributed by atoms with van der Waals surface area (Å²) in [6, 6.07) is 3.29. The van der Waals surface area contributed by atoms with Crippen LogP contribution in [-0.2, 0) is 4.74 Å².